The largest absolute Gasteiger partial charge is 0.504 e. The van der Waals surface area contributed by atoms with Crippen molar-refractivity contribution in [2.24, 2.45) is 11.7 Å². The minimum atomic E-state index is -0.117. The zero-order valence-corrected chi connectivity index (χ0v) is 7.86. The standard InChI is InChI=1S/C10H15NO2/c1-6(2)10(11)7-3-4-8(12)9(13)5-7/h3-6,10,12-13H,11H2,1-2H3/t10-/m0/s1. The van der Waals surface area contributed by atoms with Crippen LogP contribution in [0.15, 0.2) is 18.2 Å². The maximum absolute atomic E-state index is 9.23. The molecule has 0 aliphatic carbocycles. The first-order valence-corrected chi connectivity index (χ1v) is 4.30. The van der Waals surface area contributed by atoms with Crippen molar-refractivity contribution in [1.29, 1.82) is 0 Å². The van der Waals surface area contributed by atoms with Gasteiger partial charge in [-0.15, -0.1) is 0 Å². The first-order chi connectivity index (χ1) is 6.02. The summed E-state index contributed by atoms with van der Waals surface area (Å²) in [6, 6.07) is 4.57. The lowest BCUT2D eigenvalue weighted by Crippen LogP contribution is -2.16. The van der Waals surface area contributed by atoms with Crippen LogP contribution in [-0.4, -0.2) is 10.2 Å². The number of benzene rings is 1. The van der Waals surface area contributed by atoms with Crippen LogP contribution >= 0.6 is 0 Å². The second kappa shape index (κ2) is 3.66. The molecule has 3 heteroatoms. The number of phenols is 2. The number of aromatic hydroxyl groups is 2. The van der Waals surface area contributed by atoms with Gasteiger partial charge in [0.25, 0.3) is 0 Å². The Morgan fingerprint density at radius 2 is 1.77 bits per heavy atom. The van der Waals surface area contributed by atoms with Crippen molar-refractivity contribution in [2.45, 2.75) is 19.9 Å². The number of phenolic OH excluding ortho intramolecular Hbond substituents is 2. The summed E-state index contributed by atoms with van der Waals surface area (Å²) >= 11 is 0. The van der Waals surface area contributed by atoms with Gasteiger partial charge in [-0.25, -0.2) is 0 Å². The summed E-state index contributed by atoms with van der Waals surface area (Å²) < 4.78 is 0. The minimum Gasteiger partial charge on any atom is -0.504 e. The third-order valence-electron chi connectivity index (χ3n) is 2.10. The molecule has 0 heterocycles. The molecule has 0 aliphatic rings. The Kier molecular flexibility index (Phi) is 2.78. The van der Waals surface area contributed by atoms with Crippen molar-refractivity contribution in [3.63, 3.8) is 0 Å². The van der Waals surface area contributed by atoms with E-state index in [1.54, 1.807) is 6.07 Å². The van der Waals surface area contributed by atoms with Crippen molar-refractivity contribution >= 4 is 0 Å². The molecule has 72 valence electrons. The lowest BCUT2D eigenvalue weighted by molar-refractivity contribution is 0.401. The number of rotatable bonds is 2. The maximum Gasteiger partial charge on any atom is 0.157 e. The monoisotopic (exact) mass is 181 g/mol. The first-order valence-electron chi connectivity index (χ1n) is 4.30. The molecule has 0 saturated heterocycles. The van der Waals surface area contributed by atoms with Crippen LogP contribution in [0.3, 0.4) is 0 Å². The average molecular weight is 181 g/mol. The molecule has 13 heavy (non-hydrogen) atoms. The molecule has 0 amide bonds. The van der Waals surface area contributed by atoms with E-state index in [4.69, 9.17) is 10.8 Å². The summed E-state index contributed by atoms with van der Waals surface area (Å²) in [6.07, 6.45) is 0. The van der Waals surface area contributed by atoms with E-state index in [-0.39, 0.29) is 17.5 Å². The van der Waals surface area contributed by atoms with Crippen LogP contribution in [0, 0.1) is 5.92 Å². The van der Waals surface area contributed by atoms with Crippen LogP contribution in [-0.2, 0) is 0 Å². The number of hydrogen-bond acceptors (Lipinski definition) is 3. The molecule has 1 atom stereocenters. The molecule has 0 unspecified atom stereocenters. The molecule has 1 aromatic carbocycles. The van der Waals surface area contributed by atoms with Gasteiger partial charge in [-0.1, -0.05) is 19.9 Å². The Morgan fingerprint density at radius 3 is 2.23 bits per heavy atom. The highest BCUT2D eigenvalue weighted by atomic mass is 16.3. The van der Waals surface area contributed by atoms with Gasteiger partial charge in [-0.2, -0.15) is 0 Å². The lowest BCUT2D eigenvalue weighted by atomic mass is 9.97. The van der Waals surface area contributed by atoms with E-state index in [2.05, 4.69) is 0 Å². The topological polar surface area (TPSA) is 66.5 Å². The van der Waals surface area contributed by atoms with Gasteiger partial charge < -0.3 is 15.9 Å². The Hall–Kier alpha value is -1.22. The van der Waals surface area contributed by atoms with E-state index in [1.165, 1.54) is 12.1 Å². The molecule has 0 aliphatic heterocycles. The Bertz CT molecular complexity index is 297. The van der Waals surface area contributed by atoms with Crippen molar-refractivity contribution in [3.8, 4) is 11.5 Å². The highest BCUT2D eigenvalue weighted by molar-refractivity contribution is 5.41. The van der Waals surface area contributed by atoms with Gasteiger partial charge >= 0.3 is 0 Å². The van der Waals surface area contributed by atoms with E-state index in [0.717, 1.165) is 5.56 Å². The SMILES string of the molecule is CC(C)[C@H](N)c1ccc(O)c(O)c1. The molecule has 3 nitrogen and oxygen atoms in total. The fraction of sp³-hybridized carbons (Fsp3) is 0.400. The zero-order chi connectivity index (χ0) is 10.0. The first kappa shape index (κ1) is 9.86. The number of nitrogens with two attached hydrogens (primary N) is 1. The smallest absolute Gasteiger partial charge is 0.157 e. The van der Waals surface area contributed by atoms with Crippen LogP contribution in [0.4, 0.5) is 0 Å². The molecule has 0 bridgehead atoms. The predicted octanol–water partition coefficient (Wildman–Crippen LogP) is 1.75. The van der Waals surface area contributed by atoms with Crippen molar-refractivity contribution in [3.05, 3.63) is 23.8 Å². The van der Waals surface area contributed by atoms with Gasteiger partial charge in [0.05, 0.1) is 0 Å². The van der Waals surface area contributed by atoms with Crippen LogP contribution in [0.5, 0.6) is 11.5 Å². The van der Waals surface area contributed by atoms with Gasteiger partial charge in [0.2, 0.25) is 0 Å². The van der Waals surface area contributed by atoms with Gasteiger partial charge in [0, 0.05) is 6.04 Å². The summed E-state index contributed by atoms with van der Waals surface area (Å²) in [6.45, 7) is 4.02. The molecule has 0 fully saturated rings. The van der Waals surface area contributed by atoms with Gasteiger partial charge in [0.15, 0.2) is 11.5 Å². The summed E-state index contributed by atoms with van der Waals surface area (Å²) in [5, 5.41) is 18.3. The minimum absolute atomic E-state index is 0.105. The van der Waals surface area contributed by atoms with E-state index in [0.29, 0.717) is 5.92 Å². The van der Waals surface area contributed by atoms with E-state index in [9.17, 15) is 5.11 Å². The van der Waals surface area contributed by atoms with Crippen molar-refractivity contribution in [1.82, 2.24) is 0 Å². The maximum atomic E-state index is 9.23. The van der Waals surface area contributed by atoms with Crippen LogP contribution in [0.2, 0.25) is 0 Å². The van der Waals surface area contributed by atoms with Gasteiger partial charge in [0.1, 0.15) is 0 Å². The molecule has 1 aromatic rings. The number of hydrogen-bond donors (Lipinski definition) is 3. The summed E-state index contributed by atoms with van der Waals surface area (Å²) in [5.41, 5.74) is 6.70. The van der Waals surface area contributed by atoms with Gasteiger partial charge in [-0.3, -0.25) is 0 Å². The Balaban J connectivity index is 2.97. The quantitative estimate of drug-likeness (QED) is 0.609. The summed E-state index contributed by atoms with van der Waals surface area (Å²) in [4.78, 5) is 0. The van der Waals surface area contributed by atoms with Crippen LogP contribution in [0.1, 0.15) is 25.5 Å². The van der Waals surface area contributed by atoms with Crippen molar-refractivity contribution in [2.75, 3.05) is 0 Å². The highest BCUT2D eigenvalue weighted by Gasteiger charge is 2.11. The van der Waals surface area contributed by atoms with E-state index in [1.807, 2.05) is 13.8 Å². The molecule has 0 aromatic heterocycles. The van der Waals surface area contributed by atoms with Crippen molar-refractivity contribution < 1.29 is 10.2 Å². The predicted molar refractivity (Wildman–Crippen MR) is 51.5 cm³/mol. The Morgan fingerprint density at radius 1 is 1.15 bits per heavy atom. The summed E-state index contributed by atoms with van der Waals surface area (Å²) in [5.74, 6) is 0.0808. The molecule has 0 radical (unpaired) electrons. The van der Waals surface area contributed by atoms with Crippen LogP contribution in [0.25, 0.3) is 0 Å². The molecule has 0 spiro atoms. The average Bonchev–Trinajstić information content (AvgIpc) is 2.08. The Labute approximate surface area is 77.8 Å². The normalized spacial score (nSPS) is 13.2. The molecular weight excluding hydrogens is 166 g/mol. The second-order valence-electron chi connectivity index (χ2n) is 3.52. The second-order valence-corrected chi connectivity index (χ2v) is 3.52. The van der Waals surface area contributed by atoms with Crippen LogP contribution < -0.4 is 5.73 Å². The van der Waals surface area contributed by atoms with Gasteiger partial charge in [-0.05, 0) is 23.6 Å². The molecule has 1 rings (SSSR count). The third kappa shape index (κ3) is 2.12. The fourth-order valence-electron chi connectivity index (χ4n) is 1.13. The summed E-state index contributed by atoms with van der Waals surface area (Å²) in [7, 11) is 0. The highest BCUT2D eigenvalue weighted by Crippen LogP contribution is 2.29. The molecular formula is C10H15NO2. The zero-order valence-electron chi connectivity index (χ0n) is 7.86. The van der Waals surface area contributed by atoms with E-state index < -0.39 is 0 Å². The molecule has 4 N–H and O–H groups in total. The molecule has 0 saturated carbocycles. The third-order valence-corrected chi connectivity index (χ3v) is 2.10. The lowest BCUT2D eigenvalue weighted by Gasteiger charge is -2.16. The van der Waals surface area contributed by atoms with E-state index >= 15 is 0 Å². The fourth-order valence-corrected chi connectivity index (χ4v) is 1.13.